The van der Waals surface area contributed by atoms with Crippen LogP contribution in [-0.2, 0) is 4.79 Å². The van der Waals surface area contributed by atoms with Crippen molar-refractivity contribution in [2.45, 2.75) is 19.5 Å². The number of carbonyl (C=O) groups excluding carboxylic acids is 1. The van der Waals surface area contributed by atoms with Crippen LogP contribution in [0.15, 0.2) is 24.3 Å². The van der Waals surface area contributed by atoms with E-state index in [9.17, 15) is 9.90 Å². The van der Waals surface area contributed by atoms with Crippen LogP contribution in [0.2, 0.25) is 0 Å². The van der Waals surface area contributed by atoms with E-state index in [1.54, 1.807) is 23.1 Å². The summed E-state index contributed by atoms with van der Waals surface area (Å²) in [5.41, 5.74) is 0.760. The Morgan fingerprint density at radius 3 is 2.89 bits per heavy atom. The number of hydrogen-bond donors (Lipinski definition) is 2. The van der Waals surface area contributed by atoms with Gasteiger partial charge >= 0.3 is 0 Å². The van der Waals surface area contributed by atoms with Crippen molar-refractivity contribution in [2.75, 3.05) is 31.6 Å². The van der Waals surface area contributed by atoms with Gasteiger partial charge in [0.25, 0.3) is 0 Å². The summed E-state index contributed by atoms with van der Waals surface area (Å²) < 4.78 is 0. The average molecular weight is 263 g/mol. The Morgan fingerprint density at radius 1 is 1.42 bits per heavy atom. The van der Waals surface area contributed by atoms with Crippen LogP contribution in [0.4, 0.5) is 5.69 Å². The molecule has 0 bridgehead atoms. The van der Waals surface area contributed by atoms with E-state index >= 15 is 0 Å². The van der Waals surface area contributed by atoms with E-state index < -0.39 is 0 Å². The third-order valence-corrected chi connectivity index (χ3v) is 3.46. The molecule has 0 aliphatic carbocycles. The SMILES string of the molecule is CCNC1CC(=O)N(c2cccc(O)c2)CCN1C. The van der Waals surface area contributed by atoms with Gasteiger partial charge in [0.05, 0.1) is 12.6 Å². The molecule has 0 saturated carbocycles. The number of likely N-dealkylation sites (N-methyl/N-ethyl adjacent to an activating group) is 1. The van der Waals surface area contributed by atoms with Gasteiger partial charge in [0, 0.05) is 24.8 Å². The molecule has 0 spiro atoms. The van der Waals surface area contributed by atoms with Crippen LogP contribution in [0.3, 0.4) is 0 Å². The number of carbonyl (C=O) groups is 1. The number of hydrogen-bond acceptors (Lipinski definition) is 4. The number of phenols is 1. The summed E-state index contributed by atoms with van der Waals surface area (Å²) >= 11 is 0. The van der Waals surface area contributed by atoms with Crippen molar-refractivity contribution in [3.05, 3.63) is 24.3 Å². The molecule has 1 amide bonds. The molecule has 19 heavy (non-hydrogen) atoms. The third kappa shape index (κ3) is 3.24. The molecule has 0 aromatic heterocycles. The van der Waals surface area contributed by atoms with Gasteiger partial charge in [0.15, 0.2) is 0 Å². The van der Waals surface area contributed by atoms with E-state index in [1.165, 1.54) is 0 Å². The Morgan fingerprint density at radius 2 is 2.21 bits per heavy atom. The molecule has 1 aromatic carbocycles. The maximum Gasteiger partial charge on any atom is 0.229 e. The van der Waals surface area contributed by atoms with Crippen molar-refractivity contribution in [1.82, 2.24) is 10.2 Å². The highest BCUT2D eigenvalue weighted by Crippen LogP contribution is 2.22. The zero-order valence-electron chi connectivity index (χ0n) is 11.5. The maximum absolute atomic E-state index is 12.3. The second-order valence-corrected chi connectivity index (χ2v) is 4.82. The Hall–Kier alpha value is -1.59. The quantitative estimate of drug-likeness (QED) is 0.854. The van der Waals surface area contributed by atoms with Crippen LogP contribution in [-0.4, -0.2) is 48.8 Å². The molecular weight excluding hydrogens is 242 g/mol. The molecule has 0 radical (unpaired) electrons. The molecule has 1 aliphatic rings. The third-order valence-electron chi connectivity index (χ3n) is 3.46. The number of rotatable bonds is 3. The van der Waals surface area contributed by atoms with E-state index in [0.717, 1.165) is 18.8 Å². The van der Waals surface area contributed by atoms with E-state index in [1.807, 2.05) is 20.0 Å². The lowest BCUT2D eigenvalue weighted by molar-refractivity contribution is -0.119. The van der Waals surface area contributed by atoms with Gasteiger partial charge in [-0.15, -0.1) is 0 Å². The van der Waals surface area contributed by atoms with E-state index in [0.29, 0.717) is 13.0 Å². The molecule has 5 heteroatoms. The summed E-state index contributed by atoms with van der Waals surface area (Å²) in [5.74, 6) is 0.270. The fourth-order valence-electron chi connectivity index (χ4n) is 2.37. The van der Waals surface area contributed by atoms with Crippen LogP contribution in [0.25, 0.3) is 0 Å². The molecule has 2 N–H and O–H groups in total. The van der Waals surface area contributed by atoms with Crippen molar-refractivity contribution in [2.24, 2.45) is 0 Å². The molecular formula is C14H21N3O2. The lowest BCUT2D eigenvalue weighted by Gasteiger charge is -2.24. The summed E-state index contributed by atoms with van der Waals surface area (Å²) in [6, 6.07) is 6.85. The minimum absolute atomic E-state index is 0.0832. The first-order chi connectivity index (χ1) is 9.11. The number of benzene rings is 1. The average Bonchev–Trinajstić information content (AvgIpc) is 2.50. The van der Waals surface area contributed by atoms with Gasteiger partial charge in [-0.3, -0.25) is 9.69 Å². The molecule has 1 heterocycles. The van der Waals surface area contributed by atoms with Gasteiger partial charge < -0.3 is 15.3 Å². The Kier molecular flexibility index (Phi) is 4.39. The van der Waals surface area contributed by atoms with Crippen molar-refractivity contribution in [3.63, 3.8) is 0 Å². The number of nitrogens with zero attached hydrogens (tertiary/aromatic N) is 2. The molecule has 1 unspecified atom stereocenters. The number of aromatic hydroxyl groups is 1. The molecule has 1 atom stereocenters. The van der Waals surface area contributed by atoms with E-state index in [2.05, 4.69) is 10.2 Å². The standard InChI is InChI=1S/C14H21N3O2/c1-3-15-13-10-14(19)17(8-7-16(13)2)11-5-4-6-12(18)9-11/h4-6,9,13,15,18H,3,7-8,10H2,1-2H3. The van der Waals surface area contributed by atoms with Gasteiger partial charge in [0.2, 0.25) is 5.91 Å². The van der Waals surface area contributed by atoms with Crippen LogP contribution < -0.4 is 10.2 Å². The van der Waals surface area contributed by atoms with Crippen molar-refractivity contribution in [1.29, 1.82) is 0 Å². The molecule has 1 fully saturated rings. The lowest BCUT2D eigenvalue weighted by Crippen LogP contribution is -2.44. The van der Waals surface area contributed by atoms with Crippen LogP contribution >= 0.6 is 0 Å². The molecule has 1 aromatic rings. The fraction of sp³-hybridized carbons (Fsp3) is 0.500. The first-order valence-corrected chi connectivity index (χ1v) is 6.65. The van der Waals surface area contributed by atoms with Gasteiger partial charge in [-0.05, 0) is 25.7 Å². The van der Waals surface area contributed by atoms with Gasteiger partial charge in [0.1, 0.15) is 5.75 Å². The number of amides is 1. The second-order valence-electron chi connectivity index (χ2n) is 4.82. The molecule has 2 rings (SSSR count). The summed E-state index contributed by atoms with van der Waals surface area (Å²) in [5, 5.41) is 12.8. The predicted octanol–water partition coefficient (Wildman–Crippen LogP) is 0.996. The van der Waals surface area contributed by atoms with Crippen molar-refractivity contribution >= 4 is 11.6 Å². The lowest BCUT2D eigenvalue weighted by atomic mass is 10.2. The van der Waals surface area contributed by atoms with Crippen molar-refractivity contribution < 1.29 is 9.90 Å². The van der Waals surface area contributed by atoms with E-state index in [4.69, 9.17) is 0 Å². The highest BCUT2D eigenvalue weighted by molar-refractivity contribution is 5.94. The van der Waals surface area contributed by atoms with Crippen molar-refractivity contribution in [3.8, 4) is 5.75 Å². The molecule has 104 valence electrons. The zero-order chi connectivity index (χ0) is 13.8. The minimum atomic E-state index is 0.0832. The number of nitrogens with one attached hydrogen (secondary N) is 1. The molecule has 5 nitrogen and oxygen atoms in total. The first-order valence-electron chi connectivity index (χ1n) is 6.65. The highest BCUT2D eigenvalue weighted by atomic mass is 16.3. The predicted molar refractivity (Wildman–Crippen MR) is 75.2 cm³/mol. The Balaban J connectivity index is 2.17. The summed E-state index contributed by atoms with van der Waals surface area (Å²) in [4.78, 5) is 16.2. The smallest absolute Gasteiger partial charge is 0.229 e. The van der Waals surface area contributed by atoms with Crippen LogP contribution in [0.5, 0.6) is 5.75 Å². The van der Waals surface area contributed by atoms with Gasteiger partial charge in [-0.25, -0.2) is 0 Å². The summed E-state index contributed by atoms with van der Waals surface area (Å²) in [6.45, 7) is 4.32. The van der Waals surface area contributed by atoms with Gasteiger partial charge in [-0.2, -0.15) is 0 Å². The first kappa shape index (κ1) is 13.8. The topological polar surface area (TPSA) is 55.8 Å². The number of phenolic OH excluding ortho intramolecular Hbond substituents is 1. The minimum Gasteiger partial charge on any atom is -0.508 e. The Labute approximate surface area is 113 Å². The zero-order valence-corrected chi connectivity index (χ0v) is 11.5. The normalized spacial score (nSPS) is 21.5. The van der Waals surface area contributed by atoms with Crippen LogP contribution in [0, 0.1) is 0 Å². The van der Waals surface area contributed by atoms with Gasteiger partial charge in [-0.1, -0.05) is 13.0 Å². The Bertz CT molecular complexity index is 450. The number of anilines is 1. The fourth-order valence-corrected chi connectivity index (χ4v) is 2.37. The highest BCUT2D eigenvalue weighted by Gasteiger charge is 2.27. The largest absolute Gasteiger partial charge is 0.508 e. The summed E-state index contributed by atoms with van der Waals surface area (Å²) in [7, 11) is 2.02. The second kappa shape index (κ2) is 6.04. The van der Waals surface area contributed by atoms with Crippen LogP contribution in [0.1, 0.15) is 13.3 Å². The molecule has 1 aliphatic heterocycles. The monoisotopic (exact) mass is 263 g/mol. The summed E-state index contributed by atoms with van der Waals surface area (Å²) in [6.07, 6.45) is 0.528. The maximum atomic E-state index is 12.3. The van der Waals surface area contributed by atoms with E-state index in [-0.39, 0.29) is 17.8 Å². The molecule has 1 saturated heterocycles.